The molecule has 5 nitrogen and oxygen atoms in total. The van der Waals surface area contributed by atoms with E-state index in [9.17, 15) is 9.59 Å². The van der Waals surface area contributed by atoms with Gasteiger partial charge in [0.2, 0.25) is 0 Å². The molecule has 5 heteroatoms. The summed E-state index contributed by atoms with van der Waals surface area (Å²) in [6, 6.07) is 9.59. The van der Waals surface area contributed by atoms with Gasteiger partial charge in [0.25, 0.3) is 0 Å². The molecule has 2 aliphatic rings. The molecule has 166 valence electrons. The van der Waals surface area contributed by atoms with E-state index >= 15 is 0 Å². The number of esters is 2. The first-order chi connectivity index (χ1) is 14.6. The Morgan fingerprint density at radius 1 is 0.933 bits per heavy atom. The van der Waals surface area contributed by atoms with Crippen molar-refractivity contribution < 1.29 is 23.8 Å². The molecule has 0 spiro atoms. The van der Waals surface area contributed by atoms with E-state index in [2.05, 4.69) is 13.8 Å². The van der Waals surface area contributed by atoms with Gasteiger partial charge in [-0.25, -0.2) is 0 Å². The maximum absolute atomic E-state index is 13.0. The fourth-order valence-electron chi connectivity index (χ4n) is 4.80. The van der Waals surface area contributed by atoms with Gasteiger partial charge in [0.1, 0.15) is 6.61 Å². The molecule has 2 aliphatic heterocycles. The molecule has 2 fully saturated rings. The summed E-state index contributed by atoms with van der Waals surface area (Å²) >= 11 is 0. The molecule has 0 N–H and O–H groups in total. The quantitative estimate of drug-likeness (QED) is 0.352. The Morgan fingerprint density at radius 2 is 1.60 bits per heavy atom. The molecule has 2 bridgehead atoms. The number of rotatable bonds is 12. The highest BCUT2D eigenvalue weighted by molar-refractivity contribution is 5.84. The monoisotopic (exact) mass is 416 g/mol. The Hall–Kier alpha value is -1.88. The lowest BCUT2D eigenvalue weighted by atomic mass is 9.79. The third-order valence-corrected chi connectivity index (χ3v) is 6.42. The van der Waals surface area contributed by atoms with Crippen LogP contribution in [0.1, 0.15) is 70.8 Å². The predicted octanol–water partition coefficient (Wildman–Crippen LogP) is 5.06. The van der Waals surface area contributed by atoms with Gasteiger partial charge in [-0.2, -0.15) is 0 Å². The Balaban J connectivity index is 1.55. The minimum atomic E-state index is -0.551. The predicted molar refractivity (Wildman–Crippen MR) is 115 cm³/mol. The molecule has 2 heterocycles. The summed E-state index contributed by atoms with van der Waals surface area (Å²) < 4.78 is 17.2. The number of benzene rings is 1. The second kappa shape index (κ2) is 11.5. The average Bonchev–Trinajstić information content (AvgIpc) is 3.38. The van der Waals surface area contributed by atoms with Crippen LogP contribution in [0.15, 0.2) is 30.3 Å². The number of hydrogen-bond donors (Lipinski definition) is 0. The van der Waals surface area contributed by atoms with E-state index < -0.39 is 11.8 Å². The molecule has 0 amide bonds. The van der Waals surface area contributed by atoms with Gasteiger partial charge in [0.15, 0.2) is 0 Å². The highest BCUT2D eigenvalue weighted by Crippen LogP contribution is 2.44. The van der Waals surface area contributed by atoms with E-state index in [4.69, 9.17) is 14.2 Å². The van der Waals surface area contributed by atoms with Crippen molar-refractivity contribution in [3.05, 3.63) is 35.9 Å². The van der Waals surface area contributed by atoms with E-state index in [0.717, 1.165) is 37.7 Å². The Kier molecular flexibility index (Phi) is 8.74. The van der Waals surface area contributed by atoms with E-state index in [1.165, 1.54) is 19.3 Å². The van der Waals surface area contributed by atoms with Crippen LogP contribution in [0.3, 0.4) is 0 Å². The molecule has 1 aromatic rings. The second-order valence-electron chi connectivity index (χ2n) is 8.72. The van der Waals surface area contributed by atoms with Crippen LogP contribution in [-0.4, -0.2) is 30.8 Å². The van der Waals surface area contributed by atoms with Crippen molar-refractivity contribution >= 4 is 11.9 Å². The lowest BCUT2D eigenvalue weighted by Gasteiger charge is -2.26. The minimum Gasteiger partial charge on any atom is -0.465 e. The van der Waals surface area contributed by atoms with Crippen molar-refractivity contribution in [3.8, 4) is 0 Å². The van der Waals surface area contributed by atoms with Gasteiger partial charge in [0.05, 0.1) is 30.7 Å². The van der Waals surface area contributed by atoms with Gasteiger partial charge in [0, 0.05) is 0 Å². The topological polar surface area (TPSA) is 61.8 Å². The molecule has 5 atom stereocenters. The molecular formula is C25H36O5. The first-order valence-electron chi connectivity index (χ1n) is 11.7. The van der Waals surface area contributed by atoms with Crippen molar-refractivity contribution in [2.45, 2.75) is 84.0 Å². The summed E-state index contributed by atoms with van der Waals surface area (Å²) in [7, 11) is 0. The van der Waals surface area contributed by atoms with E-state index in [1.54, 1.807) is 0 Å². The van der Waals surface area contributed by atoms with Crippen molar-refractivity contribution in [1.29, 1.82) is 0 Å². The lowest BCUT2D eigenvalue weighted by molar-refractivity contribution is -0.162. The third kappa shape index (κ3) is 5.84. The number of ether oxygens (including phenoxy) is 3. The van der Waals surface area contributed by atoms with Gasteiger partial charge < -0.3 is 14.2 Å². The van der Waals surface area contributed by atoms with Crippen LogP contribution in [0.2, 0.25) is 0 Å². The van der Waals surface area contributed by atoms with E-state index in [1.807, 2.05) is 30.3 Å². The summed E-state index contributed by atoms with van der Waals surface area (Å²) in [6.07, 6.45) is 7.96. The Bertz CT molecular complexity index is 673. The second-order valence-corrected chi connectivity index (χ2v) is 8.72. The SMILES string of the molecule is CCCCCC(CCC)COC(=O)C1C2CCC(O2)C1C(=O)OCc1ccccc1. The Morgan fingerprint density at radius 3 is 2.23 bits per heavy atom. The highest BCUT2D eigenvalue weighted by atomic mass is 16.6. The van der Waals surface area contributed by atoms with Crippen LogP contribution in [-0.2, 0) is 30.4 Å². The molecule has 0 aromatic heterocycles. The standard InChI is InChI=1S/C25H36O5/c1-3-5-7-11-18(10-4-2)16-28-24(26)22-20-14-15-21(30-20)23(22)25(27)29-17-19-12-8-6-9-13-19/h6,8-9,12-13,18,20-23H,3-5,7,10-11,14-17H2,1-2H3. The van der Waals surface area contributed by atoms with Crippen molar-refractivity contribution in [2.24, 2.45) is 17.8 Å². The molecule has 0 aliphatic carbocycles. The number of fused-ring (bicyclic) bond motifs is 2. The molecule has 0 radical (unpaired) electrons. The van der Waals surface area contributed by atoms with Gasteiger partial charge in [-0.1, -0.05) is 69.9 Å². The van der Waals surface area contributed by atoms with Gasteiger partial charge in [-0.05, 0) is 37.2 Å². The zero-order valence-corrected chi connectivity index (χ0v) is 18.4. The minimum absolute atomic E-state index is 0.214. The molecule has 5 unspecified atom stereocenters. The smallest absolute Gasteiger partial charge is 0.312 e. The zero-order valence-electron chi connectivity index (χ0n) is 18.4. The molecule has 2 saturated heterocycles. The van der Waals surface area contributed by atoms with Gasteiger partial charge in [-0.15, -0.1) is 0 Å². The summed E-state index contributed by atoms with van der Waals surface area (Å²) in [5, 5.41) is 0. The summed E-state index contributed by atoms with van der Waals surface area (Å²) in [5.41, 5.74) is 0.934. The largest absolute Gasteiger partial charge is 0.465 e. The fourth-order valence-corrected chi connectivity index (χ4v) is 4.80. The van der Waals surface area contributed by atoms with Crippen LogP contribution in [0, 0.1) is 17.8 Å². The van der Waals surface area contributed by atoms with Crippen LogP contribution in [0.25, 0.3) is 0 Å². The van der Waals surface area contributed by atoms with Crippen LogP contribution < -0.4 is 0 Å². The average molecular weight is 417 g/mol. The summed E-state index contributed by atoms with van der Waals surface area (Å²) in [5.74, 6) is -1.33. The van der Waals surface area contributed by atoms with E-state index in [0.29, 0.717) is 12.5 Å². The van der Waals surface area contributed by atoms with Crippen LogP contribution in [0.4, 0.5) is 0 Å². The summed E-state index contributed by atoms with van der Waals surface area (Å²) in [6.45, 7) is 5.01. The summed E-state index contributed by atoms with van der Waals surface area (Å²) in [4.78, 5) is 25.8. The van der Waals surface area contributed by atoms with Crippen molar-refractivity contribution in [2.75, 3.05) is 6.61 Å². The lowest BCUT2D eigenvalue weighted by Crippen LogP contribution is -2.40. The molecular weight excluding hydrogens is 380 g/mol. The maximum Gasteiger partial charge on any atom is 0.312 e. The van der Waals surface area contributed by atoms with Gasteiger partial charge in [-0.3, -0.25) is 9.59 Å². The van der Waals surface area contributed by atoms with Crippen molar-refractivity contribution in [1.82, 2.24) is 0 Å². The van der Waals surface area contributed by atoms with Gasteiger partial charge >= 0.3 is 11.9 Å². The third-order valence-electron chi connectivity index (χ3n) is 6.42. The zero-order chi connectivity index (χ0) is 21.3. The van der Waals surface area contributed by atoms with Crippen molar-refractivity contribution in [3.63, 3.8) is 0 Å². The Labute approximate surface area is 180 Å². The molecule has 1 aromatic carbocycles. The molecule has 0 saturated carbocycles. The van der Waals surface area contributed by atoms with Crippen LogP contribution in [0.5, 0.6) is 0 Å². The molecule has 3 rings (SSSR count). The first kappa shape index (κ1) is 22.8. The maximum atomic E-state index is 13.0. The number of carbonyl (C=O) groups excluding carboxylic acids is 2. The first-order valence-corrected chi connectivity index (χ1v) is 11.7. The number of unbranched alkanes of at least 4 members (excludes halogenated alkanes) is 2. The van der Waals surface area contributed by atoms with Crippen LogP contribution >= 0.6 is 0 Å². The van der Waals surface area contributed by atoms with E-state index in [-0.39, 0.29) is 30.8 Å². The number of carbonyl (C=O) groups is 2. The normalized spacial score (nSPS) is 25.8. The number of hydrogen-bond acceptors (Lipinski definition) is 5. The fraction of sp³-hybridized carbons (Fsp3) is 0.680. The highest BCUT2D eigenvalue weighted by Gasteiger charge is 2.56. The molecule has 30 heavy (non-hydrogen) atoms.